The third kappa shape index (κ3) is 4.06. The number of benzene rings is 3. The van der Waals surface area contributed by atoms with E-state index >= 15 is 0 Å². The van der Waals surface area contributed by atoms with Gasteiger partial charge in [-0.3, -0.25) is 9.78 Å². The molecule has 0 bridgehead atoms. The van der Waals surface area contributed by atoms with E-state index in [1.165, 1.54) is 23.1 Å². The van der Waals surface area contributed by atoms with Crippen molar-refractivity contribution in [2.24, 2.45) is 0 Å². The summed E-state index contributed by atoms with van der Waals surface area (Å²) >= 11 is 0. The van der Waals surface area contributed by atoms with E-state index in [2.05, 4.69) is 4.98 Å². The first-order valence-electron chi connectivity index (χ1n) is 10.7. The third-order valence-corrected chi connectivity index (χ3v) is 7.76. The van der Waals surface area contributed by atoms with Gasteiger partial charge >= 0.3 is 0 Å². The van der Waals surface area contributed by atoms with Gasteiger partial charge in [0.2, 0.25) is 0 Å². The maximum Gasteiger partial charge on any atom is 0.254 e. The first-order chi connectivity index (χ1) is 16.2. The molecular formula is C26H21FN2O4S. The number of carbonyl (C=O) groups excluding carboxylic acids is 1. The van der Waals surface area contributed by atoms with Gasteiger partial charge in [0.15, 0.2) is 9.84 Å². The van der Waals surface area contributed by atoms with Crippen LogP contribution in [0.15, 0.2) is 90.0 Å². The number of para-hydroxylation sites is 1. The first-order valence-corrected chi connectivity index (χ1v) is 12.3. The van der Waals surface area contributed by atoms with Crippen molar-refractivity contribution in [1.29, 1.82) is 0 Å². The molecule has 1 aromatic heterocycles. The highest BCUT2D eigenvalue weighted by molar-refractivity contribution is 7.90. The van der Waals surface area contributed by atoms with Crippen LogP contribution in [0.5, 0.6) is 0 Å². The molecular weight excluding hydrogens is 455 g/mol. The minimum atomic E-state index is -3.65. The summed E-state index contributed by atoms with van der Waals surface area (Å²) in [6.07, 6.45) is 1.56. The van der Waals surface area contributed by atoms with Crippen LogP contribution < -0.4 is 0 Å². The number of nitrogens with zero attached hydrogens (tertiary/aromatic N) is 2. The zero-order valence-electron chi connectivity index (χ0n) is 18.1. The fourth-order valence-corrected chi connectivity index (χ4v) is 5.78. The van der Waals surface area contributed by atoms with Crippen LogP contribution in [0.25, 0.3) is 10.9 Å². The minimum Gasteiger partial charge on any atom is -0.381 e. The summed E-state index contributed by atoms with van der Waals surface area (Å²) in [5, 5.41) is 11.4. The van der Waals surface area contributed by atoms with E-state index < -0.39 is 21.3 Å². The molecule has 2 heterocycles. The molecule has 3 aromatic carbocycles. The number of sulfone groups is 1. The summed E-state index contributed by atoms with van der Waals surface area (Å²) in [6, 6.07) is 20.7. The van der Waals surface area contributed by atoms with Crippen molar-refractivity contribution in [3.8, 4) is 0 Å². The molecule has 1 aliphatic rings. The largest absolute Gasteiger partial charge is 0.381 e. The molecule has 1 saturated heterocycles. The number of aliphatic hydroxyl groups is 1. The molecule has 0 aliphatic carbocycles. The monoisotopic (exact) mass is 476 g/mol. The van der Waals surface area contributed by atoms with Gasteiger partial charge in [0.1, 0.15) is 11.4 Å². The van der Waals surface area contributed by atoms with Crippen LogP contribution in [-0.2, 0) is 21.2 Å². The molecule has 0 atom stereocenters. The Balaban J connectivity index is 1.29. The molecule has 0 radical (unpaired) electrons. The van der Waals surface area contributed by atoms with Gasteiger partial charge in [-0.1, -0.05) is 42.5 Å². The van der Waals surface area contributed by atoms with Gasteiger partial charge in [0, 0.05) is 17.1 Å². The summed E-state index contributed by atoms with van der Waals surface area (Å²) in [7, 11) is -3.65. The molecule has 0 saturated carbocycles. The van der Waals surface area contributed by atoms with Crippen molar-refractivity contribution in [3.63, 3.8) is 0 Å². The van der Waals surface area contributed by atoms with Crippen LogP contribution >= 0.6 is 0 Å². The van der Waals surface area contributed by atoms with Crippen molar-refractivity contribution in [2.45, 2.75) is 16.2 Å². The second-order valence-electron chi connectivity index (χ2n) is 8.49. The Kier molecular flexibility index (Phi) is 5.42. The van der Waals surface area contributed by atoms with Gasteiger partial charge in [-0.15, -0.1) is 0 Å². The van der Waals surface area contributed by atoms with Crippen LogP contribution in [0.4, 0.5) is 4.39 Å². The van der Waals surface area contributed by atoms with Crippen molar-refractivity contribution < 1.29 is 22.7 Å². The number of β-amino-alcohol motifs (C(OH)–C–C–N with tert-alkyl or cyclic N) is 1. The van der Waals surface area contributed by atoms with Crippen molar-refractivity contribution in [2.75, 3.05) is 13.1 Å². The van der Waals surface area contributed by atoms with Crippen LogP contribution in [0.1, 0.15) is 21.5 Å². The van der Waals surface area contributed by atoms with Gasteiger partial charge < -0.3 is 10.0 Å². The second kappa shape index (κ2) is 8.30. The van der Waals surface area contributed by atoms with Gasteiger partial charge in [-0.05, 0) is 47.5 Å². The maximum atomic E-state index is 13.5. The summed E-state index contributed by atoms with van der Waals surface area (Å²) in [5.41, 5.74) is 0.511. The lowest BCUT2D eigenvalue weighted by Gasteiger charge is -2.46. The standard InChI is InChI=1S/C26H21FN2O4S/c27-22-7-2-6-21(14-22)26(31)16-29(17-26)25(30)20-11-9-18(10-12-20)15-34(32,33)23-8-1-4-19-5-3-13-28-24(19)23/h1-14,31H,15-17H2. The fourth-order valence-electron chi connectivity index (χ4n) is 4.24. The van der Waals surface area contributed by atoms with Gasteiger partial charge in [0.25, 0.3) is 5.91 Å². The highest BCUT2D eigenvalue weighted by Gasteiger charge is 2.45. The number of hydrogen-bond donors (Lipinski definition) is 1. The Bertz CT molecular complexity index is 1490. The Labute approximate surface area is 196 Å². The van der Waals surface area contributed by atoms with E-state index in [1.54, 1.807) is 54.7 Å². The number of pyridine rings is 1. The number of likely N-dealkylation sites (tertiary alicyclic amines) is 1. The topological polar surface area (TPSA) is 87.6 Å². The van der Waals surface area contributed by atoms with Gasteiger partial charge in [0.05, 0.1) is 29.3 Å². The first kappa shape index (κ1) is 22.2. The van der Waals surface area contributed by atoms with E-state index in [9.17, 15) is 22.7 Å². The van der Waals surface area contributed by atoms with Crippen molar-refractivity contribution >= 4 is 26.6 Å². The molecule has 172 valence electrons. The third-order valence-electron chi connectivity index (χ3n) is 6.04. The molecule has 1 aliphatic heterocycles. The van der Waals surface area contributed by atoms with Crippen LogP contribution in [-0.4, -0.2) is 42.4 Å². The molecule has 34 heavy (non-hydrogen) atoms. The second-order valence-corrected chi connectivity index (χ2v) is 10.4. The van der Waals surface area contributed by atoms with Gasteiger partial charge in [-0.2, -0.15) is 0 Å². The number of rotatable bonds is 5. The lowest BCUT2D eigenvalue weighted by Crippen LogP contribution is -2.61. The fraction of sp³-hybridized carbons (Fsp3) is 0.154. The maximum absolute atomic E-state index is 13.5. The highest BCUT2D eigenvalue weighted by atomic mass is 32.2. The Hall–Kier alpha value is -3.62. The molecule has 8 heteroatoms. The normalized spacial score (nSPS) is 15.2. The lowest BCUT2D eigenvalue weighted by atomic mass is 9.85. The average Bonchev–Trinajstić information content (AvgIpc) is 2.81. The summed E-state index contributed by atoms with van der Waals surface area (Å²) in [4.78, 5) is 18.7. The molecule has 5 rings (SSSR count). The number of aromatic nitrogens is 1. The average molecular weight is 477 g/mol. The van der Waals surface area contributed by atoms with Crippen LogP contribution in [0, 0.1) is 5.82 Å². The molecule has 1 fully saturated rings. The van der Waals surface area contributed by atoms with Gasteiger partial charge in [-0.25, -0.2) is 12.8 Å². The summed E-state index contributed by atoms with van der Waals surface area (Å²) < 4.78 is 39.6. The number of halogens is 1. The summed E-state index contributed by atoms with van der Waals surface area (Å²) in [5.74, 6) is -0.950. The predicted molar refractivity (Wildman–Crippen MR) is 125 cm³/mol. The Morgan fingerprint density at radius 1 is 1.00 bits per heavy atom. The zero-order chi connectivity index (χ0) is 23.9. The zero-order valence-corrected chi connectivity index (χ0v) is 18.9. The lowest BCUT2D eigenvalue weighted by molar-refractivity contribution is -0.0865. The van der Waals surface area contributed by atoms with Crippen molar-refractivity contribution in [1.82, 2.24) is 9.88 Å². The molecule has 4 aromatic rings. The smallest absolute Gasteiger partial charge is 0.254 e. The van der Waals surface area contributed by atoms with E-state index in [-0.39, 0.29) is 29.6 Å². The SMILES string of the molecule is O=C(c1ccc(CS(=O)(=O)c2cccc3cccnc23)cc1)N1CC(O)(c2cccc(F)c2)C1. The highest BCUT2D eigenvalue weighted by Crippen LogP contribution is 2.33. The molecule has 0 spiro atoms. The molecule has 1 N–H and O–H groups in total. The quantitative estimate of drug-likeness (QED) is 0.475. The van der Waals surface area contributed by atoms with Crippen LogP contribution in [0.2, 0.25) is 0 Å². The Morgan fingerprint density at radius 2 is 1.71 bits per heavy atom. The number of carbonyl (C=O) groups is 1. The van der Waals surface area contributed by atoms with E-state index in [1.807, 2.05) is 12.1 Å². The summed E-state index contributed by atoms with van der Waals surface area (Å²) in [6.45, 7) is 0.110. The van der Waals surface area contributed by atoms with E-state index in [0.29, 0.717) is 22.2 Å². The van der Waals surface area contributed by atoms with E-state index in [4.69, 9.17) is 0 Å². The minimum absolute atomic E-state index is 0.0551. The molecule has 6 nitrogen and oxygen atoms in total. The number of hydrogen-bond acceptors (Lipinski definition) is 5. The van der Waals surface area contributed by atoms with E-state index in [0.717, 1.165) is 5.39 Å². The number of fused-ring (bicyclic) bond motifs is 1. The predicted octanol–water partition coefficient (Wildman–Crippen LogP) is 3.69. The number of amides is 1. The molecule has 1 amide bonds. The molecule has 0 unspecified atom stereocenters. The van der Waals surface area contributed by atoms with Crippen molar-refractivity contribution in [3.05, 3.63) is 108 Å². The Morgan fingerprint density at radius 3 is 2.44 bits per heavy atom. The van der Waals surface area contributed by atoms with Crippen LogP contribution in [0.3, 0.4) is 0 Å².